The monoisotopic (exact) mass is 297 g/mol. The molecule has 0 radical (unpaired) electrons. The van der Waals surface area contributed by atoms with E-state index >= 15 is 0 Å². The topological polar surface area (TPSA) is 29.5 Å². The number of likely N-dealkylation sites (tertiary alicyclic amines) is 1. The predicted molar refractivity (Wildman–Crippen MR) is 83.1 cm³/mol. The maximum Gasteiger partial charge on any atom is 0.327 e. The van der Waals surface area contributed by atoms with Gasteiger partial charge in [-0.2, -0.15) is 0 Å². The van der Waals surface area contributed by atoms with E-state index in [0.29, 0.717) is 6.61 Å². The lowest BCUT2D eigenvalue weighted by Gasteiger charge is -2.29. The molecule has 1 atom stereocenters. The molecule has 1 heterocycles. The number of nitrogens with zero attached hydrogens (tertiary/aromatic N) is 1. The fraction of sp³-hybridized carbons (Fsp3) is 0.562. The summed E-state index contributed by atoms with van der Waals surface area (Å²) in [6, 6.07) is 9.76. The highest BCUT2D eigenvalue weighted by molar-refractivity contribution is 5.85. The minimum Gasteiger partial charge on any atom is -0.465 e. The second kappa shape index (κ2) is 8.98. The highest BCUT2D eigenvalue weighted by atomic mass is 35.5. The molecule has 1 aromatic carbocycles. The maximum atomic E-state index is 12.3. The van der Waals surface area contributed by atoms with Gasteiger partial charge in [0.25, 0.3) is 0 Å². The van der Waals surface area contributed by atoms with E-state index in [1.165, 1.54) is 25.7 Å². The molecule has 1 aromatic rings. The van der Waals surface area contributed by atoms with Crippen LogP contribution in [0.5, 0.6) is 0 Å². The third-order valence-electron chi connectivity index (χ3n) is 3.63. The number of carbonyl (C=O) groups is 1. The van der Waals surface area contributed by atoms with Crippen molar-refractivity contribution < 1.29 is 9.53 Å². The van der Waals surface area contributed by atoms with E-state index in [9.17, 15) is 4.79 Å². The van der Waals surface area contributed by atoms with Crippen LogP contribution in [0.1, 0.15) is 44.2 Å². The summed E-state index contributed by atoms with van der Waals surface area (Å²) in [4.78, 5) is 14.6. The summed E-state index contributed by atoms with van der Waals surface area (Å²) in [6.07, 6.45) is 4.87. The van der Waals surface area contributed by atoms with Gasteiger partial charge in [-0.1, -0.05) is 43.2 Å². The maximum absolute atomic E-state index is 12.3. The molecule has 0 bridgehead atoms. The van der Waals surface area contributed by atoms with Gasteiger partial charge in [-0.25, -0.2) is 4.79 Å². The van der Waals surface area contributed by atoms with E-state index < -0.39 is 0 Å². The Hall–Kier alpha value is -1.06. The van der Waals surface area contributed by atoms with E-state index in [1.54, 1.807) is 0 Å². The quantitative estimate of drug-likeness (QED) is 0.796. The van der Waals surface area contributed by atoms with Gasteiger partial charge < -0.3 is 4.74 Å². The van der Waals surface area contributed by atoms with Crippen LogP contribution in [0.4, 0.5) is 0 Å². The summed E-state index contributed by atoms with van der Waals surface area (Å²) >= 11 is 0. The second-order valence-electron chi connectivity index (χ2n) is 5.02. The summed E-state index contributed by atoms with van der Waals surface area (Å²) in [5.41, 5.74) is 1.04. The standard InChI is InChI=1S/C16H23NO2.ClH/c1-2-19-16(18)15(14-10-6-5-7-11-14)17-12-8-3-4-9-13-17;/h5-7,10-11,15H,2-4,8-9,12-13H2,1H3;1H. The third-order valence-corrected chi connectivity index (χ3v) is 3.63. The van der Waals surface area contributed by atoms with Gasteiger partial charge in [-0.05, 0) is 38.4 Å². The van der Waals surface area contributed by atoms with E-state index in [1.807, 2.05) is 37.3 Å². The molecule has 3 nitrogen and oxygen atoms in total. The number of esters is 1. The largest absolute Gasteiger partial charge is 0.465 e. The minimum atomic E-state index is -0.237. The Bertz CT molecular complexity index is 389. The molecule has 1 aliphatic rings. The van der Waals surface area contributed by atoms with Crippen molar-refractivity contribution in [1.29, 1.82) is 0 Å². The molecule has 0 aromatic heterocycles. The summed E-state index contributed by atoms with van der Waals surface area (Å²) in [7, 11) is 0. The van der Waals surface area contributed by atoms with E-state index in [2.05, 4.69) is 4.90 Å². The predicted octanol–water partition coefficient (Wildman–Crippen LogP) is 3.59. The van der Waals surface area contributed by atoms with Crippen molar-refractivity contribution in [2.75, 3.05) is 19.7 Å². The van der Waals surface area contributed by atoms with Crippen LogP contribution < -0.4 is 0 Å². The Balaban J connectivity index is 0.00000200. The number of ether oxygens (including phenoxy) is 1. The van der Waals surface area contributed by atoms with Crippen molar-refractivity contribution >= 4 is 18.4 Å². The fourth-order valence-corrected chi connectivity index (χ4v) is 2.71. The molecule has 1 unspecified atom stereocenters. The normalized spacial score (nSPS) is 17.6. The van der Waals surface area contributed by atoms with Gasteiger partial charge in [0.05, 0.1) is 6.61 Å². The minimum absolute atomic E-state index is 0. The van der Waals surface area contributed by atoms with Crippen molar-refractivity contribution in [3.63, 3.8) is 0 Å². The highest BCUT2D eigenvalue weighted by Gasteiger charge is 2.29. The molecular weight excluding hydrogens is 274 g/mol. The number of carbonyl (C=O) groups excluding carboxylic acids is 1. The SMILES string of the molecule is CCOC(=O)C(c1ccccc1)N1CCCCCC1.Cl. The molecule has 1 saturated heterocycles. The van der Waals surface area contributed by atoms with Gasteiger partial charge in [0.15, 0.2) is 0 Å². The van der Waals surface area contributed by atoms with Crippen LogP contribution in [0.25, 0.3) is 0 Å². The van der Waals surface area contributed by atoms with Crippen molar-refractivity contribution in [3.05, 3.63) is 35.9 Å². The molecule has 1 aliphatic heterocycles. The van der Waals surface area contributed by atoms with Gasteiger partial charge in [-0.15, -0.1) is 12.4 Å². The van der Waals surface area contributed by atoms with Crippen molar-refractivity contribution in [1.82, 2.24) is 4.90 Å². The van der Waals surface area contributed by atoms with Crippen LogP contribution in [-0.2, 0) is 9.53 Å². The first-order chi connectivity index (χ1) is 9.33. The number of hydrogen-bond donors (Lipinski definition) is 0. The number of benzene rings is 1. The molecule has 2 rings (SSSR count). The first kappa shape index (κ1) is 17.0. The first-order valence-electron chi connectivity index (χ1n) is 7.28. The van der Waals surface area contributed by atoms with E-state index in [4.69, 9.17) is 4.74 Å². The second-order valence-corrected chi connectivity index (χ2v) is 5.02. The van der Waals surface area contributed by atoms with E-state index in [0.717, 1.165) is 18.7 Å². The van der Waals surface area contributed by atoms with Gasteiger partial charge in [0.1, 0.15) is 6.04 Å². The zero-order chi connectivity index (χ0) is 13.5. The molecule has 4 heteroatoms. The molecule has 0 spiro atoms. The van der Waals surface area contributed by atoms with Crippen molar-refractivity contribution in [2.45, 2.75) is 38.6 Å². The molecule has 0 saturated carbocycles. The lowest BCUT2D eigenvalue weighted by Crippen LogP contribution is -2.36. The van der Waals surface area contributed by atoms with Crippen LogP contribution in [0, 0.1) is 0 Å². The van der Waals surface area contributed by atoms with Gasteiger partial charge >= 0.3 is 5.97 Å². The lowest BCUT2D eigenvalue weighted by molar-refractivity contribution is -0.150. The van der Waals surface area contributed by atoms with Gasteiger partial charge in [-0.3, -0.25) is 4.90 Å². The van der Waals surface area contributed by atoms with Gasteiger partial charge in [0.2, 0.25) is 0 Å². The summed E-state index contributed by atoms with van der Waals surface area (Å²) in [5, 5.41) is 0. The van der Waals surface area contributed by atoms with E-state index in [-0.39, 0.29) is 24.4 Å². The summed E-state index contributed by atoms with van der Waals surface area (Å²) in [6.45, 7) is 4.27. The zero-order valence-electron chi connectivity index (χ0n) is 12.1. The third kappa shape index (κ3) is 4.50. The smallest absolute Gasteiger partial charge is 0.327 e. The first-order valence-corrected chi connectivity index (χ1v) is 7.28. The molecule has 1 fully saturated rings. The average Bonchev–Trinajstić information content (AvgIpc) is 2.70. The van der Waals surface area contributed by atoms with Crippen molar-refractivity contribution in [2.24, 2.45) is 0 Å². The molecule has 20 heavy (non-hydrogen) atoms. The van der Waals surface area contributed by atoms with Crippen LogP contribution in [0.15, 0.2) is 30.3 Å². The molecule has 0 N–H and O–H groups in total. The highest BCUT2D eigenvalue weighted by Crippen LogP contribution is 2.25. The number of rotatable bonds is 4. The van der Waals surface area contributed by atoms with Crippen molar-refractivity contribution in [3.8, 4) is 0 Å². The molecule has 0 aliphatic carbocycles. The summed E-state index contributed by atoms with van der Waals surface area (Å²) in [5.74, 6) is -0.115. The molecular formula is C16H24ClNO2. The van der Waals surface area contributed by atoms with Crippen LogP contribution in [0.3, 0.4) is 0 Å². The van der Waals surface area contributed by atoms with Crippen LogP contribution >= 0.6 is 12.4 Å². The lowest BCUT2D eigenvalue weighted by atomic mass is 10.1. The van der Waals surface area contributed by atoms with Gasteiger partial charge in [0, 0.05) is 0 Å². The Morgan fingerprint density at radius 2 is 1.75 bits per heavy atom. The Morgan fingerprint density at radius 1 is 1.15 bits per heavy atom. The Labute approximate surface area is 127 Å². The Kier molecular flexibility index (Phi) is 7.63. The molecule has 0 amide bonds. The number of halogens is 1. The summed E-state index contributed by atoms with van der Waals surface area (Å²) < 4.78 is 5.27. The van der Waals surface area contributed by atoms with Crippen LogP contribution in [0.2, 0.25) is 0 Å². The molecule has 112 valence electrons. The Morgan fingerprint density at radius 3 is 2.30 bits per heavy atom. The van der Waals surface area contributed by atoms with Crippen LogP contribution in [-0.4, -0.2) is 30.6 Å². The number of hydrogen-bond acceptors (Lipinski definition) is 3. The fourth-order valence-electron chi connectivity index (χ4n) is 2.71. The average molecular weight is 298 g/mol. The zero-order valence-corrected chi connectivity index (χ0v) is 12.9.